The zero-order valence-electron chi connectivity index (χ0n) is 9.52. The lowest BCUT2D eigenvalue weighted by Gasteiger charge is -2.24. The fourth-order valence-corrected chi connectivity index (χ4v) is 2.31. The molecule has 86 valence electrons. The van der Waals surface area contributed by atoms with Crippen molar-refractivity contribution < 1.29 is 9.90 Å². The first-order valence-corrected chi connectivity index (χ1v) is 5.74. The summed E-state index contributed by atoms with van der Waals surface area (Å²) in [6.07, 6.45) is 3.26. The van der Waals surface area contributed by atoms with Gasteiger partial charge in [-0.05, 0) is 51.1 Å². The number of aldehydes is 1. The fraction of sp³-hybridized carbons (Fsp3) is 0.462. The molecule has 0 radical (unpaired) electrons. The lowest BCUT2D eigenvalue weighted by atomic mass is 10.0. The van der Waals surface area contributed by atoms with Crippen molar-refractivity contribution in [2.45, 2.75) is 25.8 Å². The Morgan fingerprint density at radius 2 is 2.06 bits per heavy atom. The maximum absolute atomic E-state index is 10.7. The van der Waals surface area contributed by atoms with Crippen molar-refractivity contribution in [2.24, 2.45) is 0 Å². The largest absolute Gasteiger partial charge is 0.508 e. The quantitative estimate of drug-likeness (QED) is 0.793. The Bertz CT molecular complexity index is 384. The molecule has 0 bridgehead atoms. The smallest absolute Gasteiger partial charge is 0.150 e. The van der Waals surface area contributed by atoms with Crippen LogP contribution in [0.5, 0.6) is 5.75 Å². The van der Waals surface area contributed by atoms with E-state index in [2.05, 4.69) is 11.8 Å². The normalized spacial score (nSPS) is 18.6. The second-order valence-corrected chi connectivity index (χ2v) is 4.36. The molecule has 0 amide bonds. The lowest BCUT2D eigenvalue weighted by Crippen LogP contribution is -2.23. The van der Waals surface area contributed by atoms with Gasteiger partial charge in [0.2, 0.25) is 0 Å². The van der Waals surface area contributed by atoms with E-state index in [0.29, 0.717) is 5.56 Å². The van der Waals surface area contributed by atoms with E-state index in [0.717, 1.165) is 24.9 Å². The molecule has 1 heterocycles. The zero-order valence-corrected chi connectivity index (χ0v) is 9.52. The topological polar surface area (TPSA) is 40.5 Å². The zero-order chi connectivity index (χ0) is 11.5. The summed E-state index contributed by atoms with van der Waals surface area (Å²) in [5.41, 5.74) is 1.48. The van der Waals surface area contributed by atoms with Crippen molar-refractivity contribution in [2.75, 3.05) is 13.1 Å². The lowest BCUT2D eigenvalue weighted by molar-refractivity contribution is 0.112. The van der Waals surface area contributed by atoms with E-state index in [1.165, 1.54) is 12.8 Å². The van der Waals surface area contributed by atoms with Gasteiger partial charge in [-0.25, -0.2) is 0 Å². The summed E-state index contributed by atoms with van der Waals surface area (Å²) in [5.74, 6) is 0.282. The van der Waals surface area contributed by atoms with Gasteiger partial charge in [0.05, 0.1) is 0 Å². The molecular formula is C13H17NO2. The number of hydrogen-bond donors (Lipinski definition) is 1. The monoisotopic (exact) mass is 219 g/mol. The molecule has 0 aromatic heterocycles. The van der Waals surface area contributed by atoms with E-state index in [4.69, 9.17) is 0 Å². The molecule has 1 unspecified atom stereocenters. The number of hydrogen-bond acceptors (Lipinski definition) is 3. The summed E-state index contributed by atoms with van der Waals surface area (Å²) in [7, 11) is 0. The first kappa shape index (κ1) is 11.1. The van der Waals surface area contributed by atoms with Crippen LogP contribution >= 0.6 is 0 Å². The van der Waals surface area contributed by atoms with Gasteiger partial charge in [-0.2, -0.15) is 0 Å². The Hall–Kier alpha value is -1.35. The molecule has 3 nitrogen and oxygen atoms in total. The molecule has 0 spiro atoms. The van der Waals surface area contributed by atoms with Gasteiger partial charge in [-0.15, -0.1) is 0 Å². The Kier molecular flexibility index (Phi) is 3.25. The van der Waals surface area contributed by atoms with Gasteiger partial charge in [0.25, 0.3) is 0 Å². The molecule has 1 N–H and O–H groups in total. The van der Waals surface area contributed by atoms with Gasteiger partial charge in [-0.1, -0.05) is 0 Å². The summed E-state index contributed by atoms with van der Waals surface area (Å²) < 4.78 is 0. The van der Waals surface area contributed by atoms with Crippen molar-refractivity contribution in [1.82, 2.24) is 4.90 Å². The molecule has 1 aliphatic heterocycles. The number of nitrogens with zero attached hydrogens (tertiary/aromatic N) is 1. The second kappa shape index (κ2) is 4.66. The third-order valence-corrected chi connectivity index (χ3v) is 3.33. The Morgan fingerprint density at radius 3 is 2.69 bits per heavy atom. The minimum Gasteiger partial charge on any atom is -0.508 e. The van der Waals surface area contributed by atoms with Gasteiger partial charge >= 0.3 is 0 Å². The predicted molar refractivity (Wildman–Crippen MR) is 62.7 cm³/mol. The third-order valence-electron chi connectivity index (χ3n) is 3.33. The van der Waals surface area contributed by atoms with Crippen LogP contribution in [0.1, 0.15) is 41.7 Å². The molecule has 1 aliphatic rings. The van der Waals surface area contributed by atoms with Gasteiger partial charge in [0.1, 0.15) is 12.0 Å². The van der Waals surface area contributed by atoms with Crippen LogP contribution in [-0.2, 0) is 0 Å². The molecular weight excluding hydrogens is 202 g/mol. The van der Waals surface area contributed by atoms with Crippen molar-refractivity contribution in [3.8, 4) is 5.75 Å². The highest BCUT2D eigenvalue weighted by Gasteiger charge is 2.21. The summed E-state index contributed by atoms with van der Waals surface area (Å²) in [5, 5.41) is 9.82. The van der Waals surface area contributed by atoms with Crippen LogP contribution in [0, 0.1) is 0 Å². The number of likely N-dealkylation sites (tertiary alicyclic amines) is 1. The van der Waals surface area contributed by atoms with Crippen molar-refractivity contribution in [3.63, 3.8) is 0 Å². The van der Waals surface area contributed by atoms with E-state index < -0.39 is 0 Å². The van der Waals surface area contributed by atoms with Crippen LogP contribution < -0.4 is 0 Å². The Labute approximate surface area is 95.7 Å². The molecule has 1 atom stereocenters. The molecule has 3 heteroatoms. The molecule has 1 saturated heterocycles. The van der Waals surface area contributed by atoms with Gasteiger partial charge in [0, 0.05) is 17.2 Å². The molecule has 1 aromatic rings. The van der Waals surface area contributed by atoms with Gasteiger partial charge < -0.3 is 5.11 Å². The van der Waals surface area contributed by atoms with Crippen LogP contribution in [0.25, 0.3) is 0 Å². The van der Waals surface area contributed by atoms with Crippen LogP contribution in [0.4, 0.5) is 0 Å². The second-order valence-electron chi connectivity index (χ2n) is 4.36. The van der Waals surface area contributed by atoms with E-state index >= 15 is 0 Å². The molecule has 1 aromatic carbocycles. The Balaban J connectivity index is 2.26. The van der Waals surface area contributed by atoms with E-state index in [1.54, 1.807) is 18.2 Å². The summed E-state index contributed by atoms with van der Waals surface area (Å²) in [6, 6.07) is 5.21. The van der Waals surface area contributed by atoms with E-state index in [1.807, 2.05) is 0 Å². The van der Waals surface area contributed by atoms with Gasteiger partial charge in [-0.3, -0.25) is 9.69 Å². The first-order chi connectivity index (χ1) is 7.72. The third kappa shape index (κ3) is 2.09. The summed E-state index contributed by atoms with van der Waals surface area (Å²) >= 11 is 0. The van der Waals surface area contributed by atoms with Crippen molar-refractivity contribution in [3.05, 3.63) is 29.3 Å². The van der Waals surface area contributed by atoms with Crippen LogP contribution in [0.2, 0.25) is 0 Å². The molecule has 2 rings (SSSR count). The number of carbonyl (C=O) groups excluding carboxylic acids is 1. The fourth-order valence-electron chi connectivity index (χ4n) is 2.31. The summed E-state index contributed by atoms with van der Waals surface area (Å²) in [4.78, 5) is 13.1. The summed E-state index contributed by atoms with van der Waals surface area (Å²) in [6.45, 7) is 4.23. The maximum Gasteiger partial charge on any atom is 0.150 e. The first-order valence-electron chi connectivity index (χ1n) is 5.74. The number of benzene rings is 1. The molecule has 0 saturated carbocycles. The minimum absolute atomic E-state index is 0.183. The number of phenolic OH excluding ortho intramolecular Hbond substituents is 1. The van der Waals surface area contributed by atoms with Crippen LogP contribution in [-0.4, -0.2) is 29.4 Å². The molecule has 0 aliphatic carbocycles. The minimum atomic E-state index is 0.183. The highest BCUT2D eigenvalue weighted by atomic mass is 16.3. The number of aromatic hydroxyl groups is 1. The SMILES string of the molecule is CC(c1cc(C=O)ccc1O)N1CCCC1. The predicted octanol–water partition coefficient (Wildman–Crippen LogP) is 2.36. The number of rotatable bonds is 3. The standard InChI is InChI=1S/C13H17NO2/c1-10(14-6-2-3-7-14)12-8-11(9-15)4-5-13(12)16/h4-5,8-10,16H,2-3,6-7H2,1H3. The Morgan fingerprint density at radius 1 is 1.38 bits per heavy atom. The maximum atomic E-state index is 10.7. The van der Waals surface area contributed by atoms with E-state index in [-0.39, 0.29) is 11.8 Å². The van der Waals surface area contributed by atoms with E-state index in [9.17, 15) is 9.90 Å². The molecule has 1 fully saturated rings. The van der Waals surface area contributed by atoms with Gasteiger partial charge in [0.15, 0.2) is 0 Å². The number of carbonyl (C=O) groups is 1. The average Bonchev–Trinajstić information content (AvgIpc) is 2.82. The van der Waals surface area contributed by atoms with Crippen LogP contribution in [0.15, 0.2) is 18.2 Å². The van der Waals surface area contributed by atoms with Crippen LogP contribution in [0.3, 0.4) is 0 Å². The average molecular weight is 219 g/mol. The molecule has 16 heavy (non-hydrogen) atoms. The highest BCUT2D eigenvalue weighted by Crippen LogP contribution is 2.31. The number of phenols is 1. The highest BCUT2D eigenvalue weighted by molar-refractivity contribution is 5.75. The van der Waals surface area contributed by atoms with Crippen molar-refractivity contribution >= 4 is 6.29 Å². The van der Waals surface area contributed by atoms with Crippen molar-refractivity contribution in [1.29, 1.82) is 0 Å².